The van der Waals surface area contributed by atoms with E-state index in [1.54, 1.807) is 0 Å². The van der Waals surface area contributed by atoms with E-state index in [4.69, 9.17) is 4.74 Å². The molecule has 0 unspecified atom stereocenters. The number of halogens is 1. The highest BCUT2D eigenvalue weighted by atomic mass is 79.9. The predicted molar refractivity (Wildman–Crippen MR) is 209 cm³/mol. The zero-order chi connectivity index (χ0) is 36.7. The molecule has 1 saturated heterocycles. The van der Waals surface area contributed by atoms with Crippen LogP contribution in [0.3, 0.4) is 0 Å². The lowest BCUT2D eigenvalue weighted by Crippen LogP contribution is -2.67. The van der Waals surface area contributed by atoms with Crippen molar-refractivity contribution in [3.8, 4) is 0 Å². The summed E-state index contributed by atoms with van der Waals surface area (Å²) in [5, 5.41) is 11.9. The zero-order valence-electron chi connectivity index (χ0n) is 28.6. The molecule has 266 valence electrons. The highest BCUT2D eigenvalue weighted by molar-refractivity contribution is 9.10. The van der Waals surface area contributed by atoms with Gasteiger partial charge in [0.1, 0.15) is 5.60 Å². The summed E-state index contributed by atoms with van der Waals surface area (Å²) in [5.74, 6) is -0.165. The van der Waals surface area contributed by atoms with Gasteiger partial charge < -0.3 is 4.74 Å². The van der Waals surface area contributed by atoms with Crippen LogP contribution in [0.5, 0.6) is 0 Å². The van der Waals surface area contributed by atoms with Gasteiger partial charge in [-0.15, -0.1) is 13.2 Å². The van der Waals surface area contributed by atoms with Crippen molar-refractivity contribution >= 4 is 31.6 Å². The van der Waals surface area contributed by atoms with Crippen LogP contribution in [0.1, 0.15) is 28.2 Å². The first-order chi connectivity index (χ1) is 25.2. The van der Waals surface area contributed by atoms with Gasteiger partial charge in [-0.25, -0.2) is 8.42 Å². The van der Waals surface area contributed by atoms with Gasteiger partial charge in [0.2, 0.25) is 10.0 Å². The van der Waals surface area contributed by atoms with Crippen LogP contribution in [0.2, 0.25) is 0 Å². The number of rotatable bonds is 16. The van der Waals surface area contributed by atoms with Crippen LogP contribution in [-0.4, -0.2) is 60.9 Å². The topological polar surface area (TPSA) is 93.0 Å². The molecule has 6 rings (SSSR count). The van der Waals surface area contributed by atoms with Gasteiger partial charge in [-0.1, -0.05) is 143 Å². The van der Waals surface area contributed by atoms with Crippen LogP contribution in [-0.2, 0) is 20.4 Å². The number of nitrogens with zero attached hydrogens (tertiary/aromatic N) is 3. The molecule has 0 spiro atoms. The average molecular weight is 779 g/mol. The molecule has 0 saturated carbocycles. The summed E-state index contributed by atoms with van der Waals surface area (Å²) in [7, 11) is -4.29. The molecule has 1 aliphatic heterocycles. The lowest BCUT2D eigenvalue weighted by atomic mass is 9.74. The molecule has 0 radical (unpaired) electrons. The first-order valence-electron chi connectivity index (χ1n) is 17.0. The maximum atomic E-state index is 14.2. The second-order valence-corrected chi connectivity index (χ2v) is 15.4. The largest absolute Gasteiger partial charge is 0.359 e. The van der Waals surface area contributed by atoms with Gasteiger partial charge in [0, 0.05) is 48.2 Å². The predicted octanol–water partition coefficient (Wildman–Crippen LogP) is 8.57. The van der Waals surface area contributed by atoms with Crippen molar-refractivity contribution < 1.29 is 18.1 Å². The summed E-state index contributed by atoms with van der Waals surface area (Å²) >= 11 is 3.57. The number of likely N-dealkylation sites (tertiary alicyclic amines) is 1. The number of nitro benzene ring substituents is 1. The fourth-order valence-corrected chi connectivity index (χ4v) is 9.20. The van der Waals surface area contributed by atoms with E-state index >= 15 is 0 Å². The Morgan fingerprint density at radius 2 is 1.29 bits per heavy atom. The standard InChI is InChI=1S/C42H40BrN3O5S/c1-3-28-44(52(49,50)40-23-15-14-22-37(40)46(47)48)30-38-41(32-24-26-36(43)27-25-32)39(45(38)29-4-2)31-51-42(33-16-8-5-9-17-33,34-18-10-6-11-19-34)35-20-12-7-13-21-35/h3-27,38-39,41H,1-2,28-31H2/t38-,39+,41+/m0/s1. The minimum absolute atomic E-state index is 0.0276. The van der Waals surface area contributed by atoms with Crippen molar-refractivity contribution in [1.82, 2.24) is 9.21 Å². The van der Waals surface area contributed by atoms with E-state index in [0.29, 0.717) is 13.2 Å². The molecule has 10 heteroatoms. The Balaban J connectivity index is 1.43. The van der Waals surface area contributed by atoms with Gasteiger partial charge in [0.05, 0.1) is 11.5 Å². The van der Waals surface area contributed by atoms with Gasteiger partial charge in [0.25, 0.3) is 5.69 Å². The maximum absolute atomic E-state index is 14.2. The van der Waals surface area contributed by atoms with E-state index in [1.165, 1.54) is 34.6 Å². The fraction of sp³-hybridized carbons (Fsp3) is 0.190. The monoisotopic (exact) mass is 777 g/mol. The van der Waals surface area contributed by atoms with Crippen molar-refractivity contribution in [2.45, 2.75) is 28.5 Å². The van der Waals surface area contributed by atoms with Crippen LogP contribution < -0.4 is 0 Å². The molecule has 0 aliphatic carbocycles. The van der Waals surface area contributed by atoms with Gasteiger partial charge in [-0.05, 0) is 40.5 Å². The maximum Gasteiger partial charge on any atom is 0.289 e. The quantitative estimate of drug-likeness (QED) is 0.0432. The number of ether oxygens (including phenoxy) is 1. The molecule has 0 amide bonds. The molecule has 3 atom stereocenters. The Labute approximate surface area is 314 Å². The second kappa shape index (κ2) is 16.3. The van der Waals surface area contributed by atoms with Crippen molar-refractivity contribution in [3.63, 3.8) is 0 Å². The van der Waals surface area contributed by atoms with Crippen molar-refractivity contribution in [1.29, 1.82) is 0 Å². The van der Waals surface area contributed by atoms with E-state index < -0.39 is 26.2 Å². The molecule has 0 aromatic heterocycles. The number of sulfonamides is 1. The first kappa shape index (κ1) is 37.1. The molecule has 5 aromatic carbocycles. The van der Waals surface area contributed by atoms with Crippen LogP contribution in [0.25, 0.3) is 0 Å². The van der Waals surface area contributed by atoms with Crippen molar-refractivity contribution in [3.05, 3.63) is 202 Å². The van der Waals surface area contributed by atoms with E-state index in [9.17, 15) is 18.5 Å². The minimum Gasteiger partial charge on any atom is -0.359 e. The molecular weight excluding hydrogens is 738 g/mol. The van der Waals surface area contributed by atoms with E-state index in [1.807, 2.05) is 84.9 Å². The molecule has 0 bridgehead atoms. The molecule has 1 fully saturated rings. The first-order valence-corrected chi connectivity index (χ1v) is 19.2. The number of hydrogen-bond acceptors (Lipinski definition) is 6. The Bertz CT molecular complexity index is 2000. The third kappa shape index (κ3) is 7.30. The minimum atomic E-state index is -4.29. The number of hydrogen-bond donors (Lipinski definition) is 0. The Morgan fingerprint density at radius 1 is 0.769 bits per heavy atom. The van der Waals surface area contributed by atoms with Crippen LogP contribution in [0.4, 0.5) is 5.69 Å². The van der Waals surface area contributed by atoms with Crippen LogP contribution in [0, 0.1) is 10.1 Å². The van der Waals surface area contributed by atoms with Crippen LogP contribution >= 0.6 is 15.9 Å². The average Bonchev–Trinajstić information content (AvgIpc) is 3.17. The highest BCUT2D eigenvalue weighted by Crippen LogP contribution is 2.46. The number of benzene rings is 5. The molecule has 1 heterocycles. The van der Waals surface area contributed by atoms with Crippen molar-refractivity contribution in [2.24, 2.45) is 0 Å². The second-order valence-electron chi connectivity index (χ2n) is 12.6. The summed E-state index contributed by atoms with van der Waals surface area (Å²) in [5.41, 5.74) is 2.53. The summed E-state index contributed by atoms with van der Waals surface area (Å²) < 4.78 is 37.9. The molecule has 0 N–H and O–H groups in total. The van der Waals surface area contributed by atoms with Crippen LogP contribution in [0.15, 0.2) is 174 Å². The summed E-state index contributed by atoms with van der Waals surface area (Å²) in [6, 6.07) is 43.5. The lowest BCUT2D eigenvalue weighted by molar-refractivity contribution is -0.387. The smallest absolute Gasteiger partial charge is 0.289 e. The third-order valence-electron chi connectivity index (χ3n) is 9.69. The Morgan fingerprint density at radius 3 is 1.79 bits per heavy atom. The molecular formula is C42H40BrN3O5S. The third-order valence-corrected chi connectivity index (χ3v) is 12.1. The Hall–Kier alpha value is -4.71. The summed E-state index contributed by atoms with van der Waals surface area (Å²) in [6.45, 7) is 8.66. The molecule has 1 aliphatic rings. The fourth-order valence-electron chi connectivity index (χ4n) is 7.35. The lowest BCUT2D eigenvalue weighted by Gasteiger charge is -2.57. The van der Waals surface area contributed by atoms with Gasteiger partial charge >= 0.3 is 0 Å². The normalized spacial score (nSPS) is 17.7. The van der Waals surface area contributed by atoms with E-state index in [2.05, 4.69) is 70.4 Å². The summed E-state index contributed by atoms with van der Waals surface area (Å²) in [4.78, 5) is 13.1. The highest BCUT2D eigenvalue weighted by Gasteiger charge is 2.51. The SMILES string of the molecule is C=CCN1[C@H](COC(c2ccccc2)(c2ccccc2)c2ccccc2)[C@H](c2ccc(Br)cc2)[C@@H]1CN(CC=C)S(=O)(=O)c1ccccc1[N+](=O)[O-]. The summed E-state index contributed by atoms with van der Waals surface area (Å²) in [6.07, 6.45) is 3.32. The van der Waals surface area contributed by atoms with Gasteiger partial charge in [0.15, 0.2) is 4.90 Å². The number of nitro groups is 1. The number of para-hydroxylation sites is 1. The van der Waals surface area contributed by atoms with Crippen molar-refractivity contribution in [2.75, 3.05) is 26.2 Å². The van der Waals surface area contributed by atoms with Gasteiger partial charge in [-0.2, -0.15) is 4.31 Å². The van der Waals surface area contributed by atoms with Gasteiger partial charge in [-0.3, -0.25) is 15.0 Å². The molecule has 8 nitrogen and oxygen atoms in total. The Kier molecular flexibility index (Phi) is 11.6. The van der Waals surface area contributed by atoms with E-state index in [-0.39, 0.29) is 36.0 Å². The zero-order valence-corrected chi connectivity index (χ0v) is 31.0. The molecule has 5 aromatic rings. The molecule has 52 heavy (non-hydrogen) atoms. The van der Waals surface area contributed by atoms with E-state index in [0.717, 1.165) is 26.7 Å².